The Labute approximate surface area is 189 Å². The van der Waals surface area contributed by atoms with Gasteiger partial charge in [0.05, 0.1) is 0 Å². The van der Waals surface area contributed by atoms with Crippen molar-refractivity contribution in [2.75, 3.05) is 5.32 Å². The molecule has 0 unspecified atom stereocenters. The van der Waals surface area contributed by atoms with Crippen LogP contribution in [-0.2, 0) is 6.61 Å². The van der Waals surface area contributed by atoms with Gasteiger partial charge in [-0.15, -0.1) is 10.2 Å². The van der Waals surface area contributed by atoms with Gasteiger partial charge in [0.1, 0.15) is 18.2 Å². The van der Waals surface area contributed by atoms with Gasteiger partial charge in [-0.25, -0.2) is 4.39 Å². The fourth-order valence-corrected chi connectivity index (χ4v) is 4.13. The predicted octanol–water partition coefficient (Wildman–Crippen LogP) is 4.57. The van der Waals surface area contributed by atoms with E-state index in [1.165, 1.54) is 43.5 Å². The molecule has 2 N–H and O–H groups in total. The van der Waals surface area contributed by atoms with Gasteiger partial charge >= 0.3 is 0 Å². The number of rotatable bonds is 7. The number of ether oxygens (including phenoxy) is 1. The molecule has 0 radical (unpaired) electrons. The third kappa shape index (κ3) is 5.88. The third-order valence-corrected chi connectivity index (χ3v) is 6.08. The monoisotopic (exact) mass is 454 g/mol. The second-order valence-corrected chi connectivity index (χ2v) is 8.65. The summed E-state index contributed by atoms with van der Waals surface area (Å²) < 4.78 is 18.7. The Kier molecular flexibility index (Phi) is 7.06. The highest BCUT2D eigenvalue weighted by Gasteiger charge is 2.17. The highest BCUT2D eigenvalue weighted by molar-refractivity contribution is 7.13. The maximum atomic E-state index is 13.0. The zero-order valence-corrected chi connectivity index (χ0v) is 18.2. The number of aromatic nitrogens is 2. The molecule has 3 aromatic rings. The molecule has 1 fully saturated rings. The standard InChI is InChI=1S/C23H23FN4O3S/c24-16-8-10-18(11-9-16)26-22(30)23-28-27-20(32-23)14-31-19-12-6-15(7-13-19)21(29)25-17-4-2-1-3-5-17/h6-13,17H,1-5,14H2,(H,25,29)(H,26,30). The Morgan fingerprint density at radius 1 is 0.969 bits per heavy atom. The molecule has 166 valence electrons. The average molecular weight is 455 g/mol. The van der Waals surface area contributed by atoms with E-state index >= 15 is 0 Å². The van der Waals surface area contributed by atoms with E-state index in [9.17, 15) is 14.0 Å². The smallest absolute Gasteiger partial charge is 0.286 e. The third-order valence-electron chi connectivity index (χ3n) is 5.18. The summed E-state index contributed by atoms with van der Waals surface area (Å²) in [4.78, 5) is 24.6. The molecule has 1 saturated carbocycles. The molecule has 0 bridgehead atoms. The Balaban J connectivity index is 1.27. The van der Waals surface area contributed by atoms with Crippen LogP contribution in [0.5, 0.6) is 5.75 Å². The van der Waals surface area contributed by atoms with Crippen LogP contribution in [0.25, 0.3) is 0 Å². The predicted molar refractivity (Wildman–Crippen MR) is 119 cm³/mol. The van der Waals surface area contributed by atoms with E-state index in [0.717, 1.165) is 24.2 Å². The van der Waals surface area contributed by atoms with Gasteiger partial charge in [-0.3, -0.25) is 9.59 Å². The van der Waals surface area contributed by atoms with E-state index in [4.69, 9.17) is 4.74 Å². The molecule has 32 heavy (non-hydrogen) atoms. The first-order valence-electron chi connectivity index (χ1n) is 10.5. The molecule has 7 nitrogen and oxygen atoms in total. The van der Waals surface area contributed by atoms with Crippen LogP contribution >= 0.6 is 11.3 Å². The van der Waals surface area contributed by atoms with Crippen molar-refractivity contribution in [2.24, 2.45) is 0 Å². The molecule has 1 aliphatic carbocycles. The van der Waals surface area contributed by atoms with Crippen LogP contribution in [0.15, 0.2) is 48.5 Å². The van der Waals surface area contributed by atoms with Crippen molar-refractivity contribution in [1.82, 2.24) is 15.5 Å². The number of halogens is 1. The van der Waals surface area contributed by atoms with E-state index in [0.29, 0.717) is 22.0 Å². The number of nitrogens with one attached hydrogen (secondary N) is 2. The van der Waals surface area contributed by atoms with Crippen LogP contribution in [0.3, 0.4) is 0 Å². The van der Waals surface area contributed by atoms with Gasteiger partial charge in [0.15, 0.2) is 5.01 Å². The molecule has 4 rings (SSSR count). The van der Waals surface area contributed by atoms with Gasteiger partial charge in [-0.1, -0.05) is 30.6 Å². The van der Waals surface area contributed by atoms with Crippen molar-refractivity contribution in [3.8, 4) is 5.75 Å². The molecule has 1 aromatic heterocycles. The van der Waals surface area contributed by atoms with E-state index in [1.54, 1.807) is 24.3 Å². The topological polar surface area (TPSA) is 93.2 Å². The number of amides is 2. The van der Waals surface area contributed by atoms with E-state index in [2.05, 4.69) is 20.8 Å². The summed E-state index contributed by atoms with van der Waals surface area (Å²) in [5.74, 6) is -0.277. The van der Waals surface area contributed by atoms with Gasteiger partial charge in [0.2, 0.25) is 5.01 Å². The Hall–Kier alpha value is -3.33. The first kappa shape index (κ1) is 21.9. The van der Waals surface area contributed by atoms with Crippen molar-refractivity contribution < 1.29 is 18.7 Å². The fraction of sp³-hybridized carbons (Fsp3) is 0.304. The lowest BCUT2D eigenvalue weighted by atomic mass is 9.95. The fourth-order valence-electron chi connectivity index (χ4n) is 3.48. The van der Waals surface area contributed by atoms with Crippen LogP contribution in [0.2, 0.25) is 0 Å². The molecule has 1 heterocycles. The Morgan fingerprint density at radius 2 is 1.69 bits per heavy atom. The van der Waals surface area contributed by atoms with E-state index in [-0.39, 0.29) is 29.4 Å². The van der Waals surface area contributed by atoms with Crippen LogP contribution in [0.4, 0.5) is 10.1 Å². The minimum Gasteiger partial charge on any atom is -0.486 e. The maximum Gasteiger partial charge on any atom is 0.286 e. The summed E-state index contributed by atoms with van der Waals surface area (Å²) in [6.07, 6.45) is 5.66. The number of hydrogen-bond donors (Lipinski definition) is 2. The Bertz CT molecular complexity index is 1060. The first-order valence-corrected chi connectivity index (χ1v) is 11.3. The summed E-state index contributed by atoms with van der Waals surface area (Å²) in [7, 11) is 0. The van der Waals surface area contributed by atoms with Crippen molar-refractivity contribution in [3.63, 3.8) is 0 Å². The van der Waals surface area contributed by atoms with Gasteiger partial charge in [-0.05, 0) is 61.4 Å². The lowest BCUT2D eigenvalue weighted by Gasteiger charge is -2.22. The molecule has 0 saturated heterocycles. The highest BCUT2D eigenvalue weighted by atomic mass is 32.1. The van der Waals surface area contributed by atoms with Crippen molar-refractivity contribution in [3.05, 3.63) is 69.9 Å². The molecule has 0 atom stereocenters. The lowest BCUT2D eigenvalue weighted by Crippen LogP contribution is -2.36. The van der Waals surface area contributed by atoms with Crippen molar-refractivity contribution in [2.45, 2.75) is 44.8 Å². The van der Waals surface area contributed by atoms with E-state index < -0.39 is 5.91 Å². The summed E-state index contributed by atoms with van der Waals surface area (Å²) in [5, 5.41) is 14.3. The van der Waals surface area contributed by atoms with E-state index in [1.807, 2.05) is 0 Å². The SMILES string of the molecule is O=C(NC1CCCCC1)c1ccc(OCc2nnc(C(=O)Nc3ccc(F)cc3)s2)cc1. The molecule has 9 heteroatoms. The van der Waals surface area contributed by atoms with Gasteiger partial charge < -0.3 is 15.4 Å². The van der Waals surface area contributed by atoms with Gasteiger partial charge in [-0.2, -0.15) is 0 Å². The number of hydrogen-bond acceptors (Lipinski definition) is 6. The zero-order valence-electron chi connectivity index (χ0n) is 17.3. The summed E-state index contributed by atoms with van der Waals surface area (Å²) >= 11 is 1.11. The quantitative estimate of drug-likeness (QED) is 0.545. The molecule has 1 aliphatic rings. The second kappa shape index (κ2) is 10.3. The normalized spacial score (nSPS) is 14.0. The number of anilines is 1. The maximum absolute atomic E-state index is 13.0. The zero-order chi connectivity index (χ0) is 22.3. The lowest BCUT2D eigenvalue weighted by molar-refractivity contribution is 0.0927. The molecule has 2 aromatic carbocycles. The van der Waals surface area contributed by atoms with Gasteiger partial charge in [0, 0.05) is 17.3 Å². The minimum absolute atomic E-state index is 0.0654. The molecule has 0 spiro atoms. The Morgan fingerprint density at radius 3 is 2.41 bits per heavy atom. The molecular formula is C23H23FN4O3S. The number of nitrogens with zero attached hydrogens (tertiary/aromatic N) is 2. The molecule has 0 aliphatic heterocycles. The summed E-state index contributed by atoms with van der Waals surface area (Å²) in [6, 6.07) is 12.7. The number of carbonyl (C=O) groups is 2. The summed E-state index contributed by atoms with van der Waals surface area (Å²) in [6.45, 7) is 0.148. The van der Waals surface area contributed by atoms with Crippen LogP contribution < -0.4 is 15.4 Å². The summed E-state index contributed by atoms with van der Waals surface area (Å²) in [5.41, 5.74) is 1.07. The number of benzene rings is 2. The van der Waals surface area contributed by atoms with Crippen LogP contribution in [0, 0.1) is 5.82 Å². The second-order valence-electron chi connectivity index (χ2n) is 7.58. The average Bonchev–Trinajstić information content (AvgIpc) is 3.29. The van der Waals surface area contributed by atoms with Gasteiger partial charge in [0.25, 0.3) is 11.8 Å². The van der Waals surface area contributed by atoms with Crippen molar-refractivity contribution in [1.29, 1.82) is 0 Å². The van der Waals surface area contributed by atoms with Crippen molar-refractivity contribution >= 4 is 28.8 Å². The molecular weight excluding hydrogens is 431 g/mol. The first-order chi connectivity index (χ1) is 15.6. The number of carbonyl (C=O) groups excluding carboxylic acids is 2. The minimum atomic E-state index is -0.423. The largest absolute Gasteiger partial charge is 0.486 e. The highest BCUT2D eigenvalue weighted by Crippen LogP contribution is 2.20. The van der Waals surface area contributed by atoms with Crippen LogP contribution in [-0.4, -0.2) is 28.1 Å². The molecule has 2 amide bonds. The van der Waals surface area contributed by atoms with Crippen LogP contribution in [0.1, 0.15) is 57.3 Å².